The Balaban J connectivity index is 1.73. The highest BCUT2D eigenvalue weighted by atomic mass is 16.2. The molecular formula is C19H18N6O2. The van der Waals surface area contributed by atoms with E-state index in [2.05, 4.69) is 25.6 Å². The maximum atomic E-state index is 12.9. The van der Waals surface area contributed by atoms with Gasteiger partial charge in [-0.25, -0.2) is 4.98 Å². The Bertz CT molecular complexity index is 1040. The molecule has 0 radical (unpaired) electrons. The molecule has 2 amide bonds. The van der Waals surface area contributed by atoms with Crippen LogP contribution < -0.4 is 16.4 Å². The lowest BCUT2D eigenvalue weighted by molar-refractivity contribution is -0.123. The number of fused-ring (bicyclic) bond motifs is 1. The zero-order valence-electron chi connectivity index (χ0n) is 14.6. The van der Waals surface area contributed by atoms with E-state index in [9.17, 15) is 9.59 Å². The third kappa shape index (κ3) is 2.76. The van der Waals surface area contributed by atoms with E-state index in [0.29, 0.717) is 11.2 Å². The number of para-hydroxylation sites is 2. The van der Waals surface area contributed by atoms with Gasteiger partial charge in [0.1, 0.15) is 11.5 Å². The molecular weight excluding hydrogens is 344 g/mol. The third-order valence-corrected chi connectivity index (χ3v) is 4.58. The van der Waals surface area contributed by atoms with Crippen LogP contribution in [0.5, 0.6) is 0 Å². The van der Waals surface area contributed by atoms with Crippen molar-refractivity contribution in [2.24, 2.45) is 10.7 Å². The highest BCUT2D eigenvalue weighted by Gasteiger charge is 2.52. The Morgan fingerprint density at radius 1 is 1.15 bits per heavy atom. The Morgan fingerprint density at radius 3 is 2.59 bits per heavy atom. The molecule has 4 rings (SSSR count). The van der Waals surface area contributed by atoms with Crippen molar-refractivity contribution in [2.45, 2.75) is 12.5 Å². The number of rotatable bonds is 4. The molecule has 1 aromatic heterocycles. The van der Waals surface area contributed by atoms with Crippen molar-refractivity contribution in [3.8, 4) is 0 Å². The van der Waals surface area contributed by atoms with Crippen LogP contribution in [0.1, 0.15) is 11.4 Å². The number of hydrogen-bond donors (Lipinski definition) is 4. The maximum Gasteiger partial charge on any atom is 0.272 e. The molecule has 0 saturated carbocycles. The number of hydrogen-bond acceptors (Lipinski definition) is 5. The van der Waals surface area contributed by atoms with E-state index in [1.165, 1.54) is 0 Å². The number of H-pyrrole nitrogens is 1. The van der Waals surface area contributed by atoms with Gasteiger partial charge in [0.25, 0.3) is 11.8 Å². The molecule has 1 aliphatic rings. The zero-order chi connectivity index (χ0) is 19.0. The number of nitrogens with zero attached hydrogens (tertiary/aromatic N) is 2. The lowest BCUT2D eigenvalue weighted by Crippen LogP contribution is -2.58. The summed E-state index contributed by atoms with van der Waals surface area (Å²) in [5.74, 6) is -1.02. The number of nitrogens with one attached hydrogen (secondary N) is 3. The Hall–Kier alpha value is -3.52. The summed E-state index contributed by atoms with van der Waals surface area (Å²) in [5.41, 5.74) is 7.14. The van der Waals surface area contributed by atoms with Crippen LogP contribution in [0.3, 0.4) is 0 Å². The molecule has 0 aliphatic carbocycles. The SMILES string of the molecule is Cc1ccc(NC(=O)C2=NCNC2(C(N)=O)c2nc3ccccc3[nH]2)cc1. The lowest BCUT2D eigenvalue weighted by Gasteiger charge is -2.25. The summed E-state index contributed by atoms with van der Waals surface area (Å²) in [6.07, 6.45) is 0. The largest absolute Gasteiger partial charge is 0.367 e. The molecule has 3 aromatic rings. The minimum Gasteiger partial charge on any atom is -0.367 e. The van der Waals surface area contributed by atoms with Gasteiger partial charge < -0.3 is 16.0 Å². The van der Waals surface area contributed by atoms with Gasteiger partial charge in [-0.05, 0) is 31.2 Å². The number of aliphatic imine (C=N–C) groups is 1. The Labute approximate surface area is 154 Å². The number of carbonyl (C=O) groups excluding carboxylic acids is 2. The van der Waals surface area contributed by atoms with Crippen molar-refractivity contribution >= 4 is 34.2 Å². The van der Waals surface area contributed by atoms with E-state index >= 15 is 0 Å². The number of aryl methyl sites for hydroxylation is 1. The molecule has 8 heteroatoms. The second-order valence-electron chi connectivity index (χ2n) is 6.38. The normalized spacial score (nSPS) is 19.1. The van der Waals surface area contributed by atoms with Gasteiger partial charge in [-0.15, -0.1) is 0 Å². The van der Waals surface area contributed by atoms with Crippen LogP contribution in [-0.4, -0.2) is 34.2 Å². The molecule has 1 unspecified atom stereocenters. The number of aromatic nitrogens is 2. The zero-order valence-corrected chi connectivity index (χ0v) is 14.6. The smallest absolute Gasteiger partial charge is 0.272 e. The molecule has 5 N–H and O–H groups in total. The number of amides is 2. The Morgan fingerprint density at radius 2 is 1.89 bits per heavy atom. The summed E-state index contributed by atoms with van der Waals surface area (Å²) in [6.45, 7) is 2.03. The first-order valence-corrected chi connectivity index (χ1v) is 8.44. The van der Waals surface area contributed by atoms with Gasteiger partial charge in [-0.3, -0.25) is 19.9 Å². The van der Waals surface area contributed by atoms with Crippen LogP contribution in [0.4, 0.5) is 5.69 Å². The number of carbonyl (C=O) groups is 2. The fraction of sp³-hybridized carbons (Fsp3) is 0.158. The van der Waals surface area contributed by atoms with Crippen LogP contribution in [-0.2, 0) is 15.1 Å². The van der Waals surface area contributed by atoms with Crippen molar-refractivity contribution in [3.63, 3.8) is 0 Å². The Kier molecular flexibility index (Phi) is 3.97. The molecule has 2 heterocycles. The summed E-state index contributed by atoms with van der Waals surface area (Å²) in [7, 11) is 0. The van der Waals surface area contributed by atoms with Crippen LogP contribution in [0.15, 0.2) is 53.5 Å². The quantitative estimate of drug-likeness (QED) is 0.556. The van der Waals surface area contributed by atoms with Gasteiger partial charge in [0.05, 0.1) is 17.7 Å². The van der Waals surface area contributed by atoms with E-state index < -0.39 is 17.4 Å². The molecule has 8 nitrogen and oxygen atoms in total. The highest BCUT2D eigenvalue weighted by molar-refractivity contribution is 6.50. The average molecular weight is 362 g/mol. The monoisotopic (exact) mass is 362 g/mol. The first-order valence-electron chi connectivity index (χ1n) is 8.44. The summed E-state index contributed by atoms with van der Waals surface area (Å²) in [4.78, 5) is 37.1. The predicted molar refractivity (Wildman–Crippen MR) is 102 cm³/mol. The molecule has 0 fully saturated rings. The van der Waals surface area contributed by atoms with Gasteiger partial charge in [0, 0.05) is 5.69 Å². The number of nitrogens with two attached hydrogens (primary N) is 1. The number of imidazole rings is 1. The lowest BCUT2D eigenvalue weighted by atomic mass is 9.91. The van der Waals surface area contributed by atoms with Crippen LogP contribution in [0.2, 0.25) is 0 Å². The van der Waals surface area contributed by atoms with Gasteiger partial charge in [-0.2, -0.15) is 0 Å². The predicted octanol–water partition coefficient (Wildman–Crippen LogP) is 1.19. The first kappa shape index (κ1) is 16.9. The van der Waals surface area contributed by atoms with Gasteiger partial charge in [-0.1, -0.05) is 29.8 Å². The minimum absolute atomic E-state index is 0.0189. The fourth-order valence-corrected chi connectivity index (χ4v) is 3.16. The molecule has 0 spiro atoms. The second kappa shape index (κ2) is 6.33. The molecule has 1 atom stereocenters. The summed E-state index contributed by atoms with van der Waals surface area (Å²) < 4.78 is 0. The second-order valence-corrected chi connectivity index (χ2v) is 6.38. The van der Waals surface area contributed by atoms with Gasteiger partial charge in [0.2, 0.25) is 5.54 Å². The molecule has 136 valence electrons. The fourth-order valence-electron chi connectivity index (χ4n) is 3.16. The molecule has 2 aromatic carbocycles. The summed E-state index contributed by atoms with van der Waals surface area (Å²) in [5, 5.41) is 5.70. The van der Waals surface area contributed by atoms with Crippen LogP contribution in [0.25, 0.3) is 11.0 Å². The number of benzene rings is 2. The number of aromatic amines is 1. The van der Waals surface area contributed by atoms with E-state index in [-0.39, 0.29) is 18.2 Å². The minimum atomic E-state index is -1.62. The van der Waals surface area contributed by atoms with E-state index in [0.717, 1.165) is 11.1 Å². The van der Waals surface area contributed by atoms with E-state index in [1.807, 2.05) is 43.3 Å². The number of primary amides is 1. The average Bonchev–Trinajstić information content (AvgIpc) is 3.28. The standard InChI is InChI=1S/C19H18N6O2/c1-11-6-8-12(9-7-11)23-16(26)15-19(17(20)27,22-10-21-15)18-24-13-4-2-3-5-14(13)25-18/h2-9,22H,10H2,1H3,(H2,20,27)(H,23,26)(H,24,25). The molecule has 1 aliphatic heterocycles. The first-order chi connectivity index (χ1) is 13.0. The van der Waals surface area contributed by atoms with E-state index in [1.54, 1.807) is 12.1 Å². The van der Waals surface area contributed by atoms with Gasteiger partial charge >= 0.3 is 0 Å². The summed E-state index contributed by atoms with van der Waals surface area (Å²) in [6, 6.07) is 14.6. The third-order valence-electron chi connectivity index (χ3n) is 4.58. The van der Waals surface area contributed by atoms with E-state index in [4.69, 9.17) is 5.73 Å². The van der Waals surface area contributed by atoms with Crippen molar-refractivity contribution in [3.05, 3.63) is 59.9 Å². The van der Waals surface area contributed by atoms with Gasteiger partial charge in [0.15, 0.2) is 0 Å². The maximum absolute atomic E-state index is 12.9. The topological polar surface area (TPSA) is 125 Å². The molecule has 27 heavy (non-hydrogen) atoms. The number of anilines is 1. The van der Waals surface area contributed by atoms with Crippen molar-refractivity contribution < 1.29 is 9.59 Å². The van der Waals surface area contributed by atoms with Crippen molar-refractivity contribution in [1.29, 1.82) is 0 Å². The summed E-state index contributed by atoms with van der Waals surface area (Å²) >= 11 is 0. The molecule has 0 saturated heterocycles. The van der Waals surface area contributed by atoms with Crippen molar-refractivity contribution in [2.75, 3.05) is 12.0 Å². The van der Waals surface area contributed by atoms with Crippen LogP contribution in [0, 0.1) is 6.92 Å². The molecule has 0 bridgehead atoms. The van der Waals surface area contributed by atoms with Crippen molar-refractivity contribution in [1.82, 2.24) is 15.3 Å². The van der Waals surface area contributed by atoms with Crippen LogP contribution >= 0.6 is 0 Å². The highest BCUT2D eigenvalue weighted by Crippen LogP contribution is 2.27.